The summed E-state index contributed by atoms with van der Waals surface area (Å²) < 4.78 is 49.2. The van der Waals surface area contributed by atoms with Gasteiger partial charge in [0, 0.05) is 29.0 Å². The van der Waals surface area contributed by atoms with E-state index in [1.54, 1.807) is 26.0 Å². The van der Waals surface area contributed by atoms with E-state index in [2.05, 4.69) is 14.7 Å². The number of hydrogen-bond donors (Lipinski definition) is 0. The van der Waals surface area contributed by atoms with Crippen molar-refractivity contribution in [2.45, 2.75) is 33.1 Å². The summed E-state index contributed by atoms with van der Waals surface area (Å²) in [6, 6.07) is 7.17. The summed E-state index contributed by atoms with van der Waals surface area (Å²) in [6.07, 6.45) is -3.50. The highest BCUT2D eigenvalue weighted by atomic mass is 19.4. The number of hydrogen-bond acceptors (Lipinski definition) is 6. The fraction of sp³-hybridized carbons (Fsp3) is 0.333. The maximum Gasteiger partial charge on any atom is 0.573 e. The van der Waals surface area contributed by atoms with Crippen molar-refractivity contribution in [1.82, 2.24) is 4.98 Å². The minimum Gasteiger partial charge on any atom is -0.478 e. The fourth-order valence-corrected chi connectivity index (χ4v) is 3.69. The van der Waals surface area contributed by atoms with Gasteiger partial charge in [-0.2, -0.15) is 5.26 Å². The van der Waals surface area contributed by atoms with Gasteiger partial charge in [0.05, 0.1) is 29.8 Å². The van der Waals surface area contributed by atoms with E-state index in [-0.39, 0.29) is 29.4 Å². The van der Waals surface area contributed by atoms with Crippen molar-refractivity contribution < 1.29 is 27.4 Å². The molecule has 6 nitrogen and oxygen atoms in total. The van der Waals surface area contributed by atoms with Crippen LogP contribution in [0.3, 0.4) is 0 Å². The maximum atomic E-state index is 13.1. The molecule has 0 aliphatic carbocycles. The zero-order valence-electron chi connectivity index (χ0n) is 16.4. The Hall–Kier alpha value is -3.41. The van der Waals surface area contributed by atoms with Crippen molar-refractivity contribution in [3.05, 3.63) is 47.2 Å². The van der Waals surface area contributed by atoms with E-state index in [0.717, 1.165) is 6.07 Å². The summed E-state index contributed by atoms with van der Waals surface area (Å²) in [7, 11) is 0. The van der Waals surface area contributed by atoms with E-state index >= 15 is 0 Å². The highest BCUT2D eigenvalue weighted by Crippen LogP contribution is 2.49. The molecule has 2 heterocycles. The van der Waals surface area contributed by atoms with E-state index < -0.39 is 23.9 Å². The molecule has 0 radical (unpaired) electrons. The lowest BCUT2D eigenvalue weighted by atomic mass is 9.74. The molecule has 9 heteroatoms. The van der Waals surface area contributed by atoms with Crippen molar-refractivity contribution in [1.29, 1.82) is 5.26 Å². The van der Waals surface area contributed by atoms with Crippen LogP contribution in [0.15, 0.2) is 35.5 Å². The lowest BCUT2D eigenvalue weighted by Gasteiger charge is -2.32. The van der Waals surface area contributed by atoms with Gasteiger partial charge in [-0.3, -0.25) is 9.79 Å². The van der Waals surface area contributed by atoms with Gasteiger partial charge in [0.25, 0.3) is 0 Å². The van der Waals surface area contributed by atoms with Crippen molar-refractivity contribution >= 4 is 17.2 Å². The lowest BCUT2D eigenvalue weighted by Crippen LogP contribution is -2.31. The Bertz CT molecular complexity index is 1060. The number of aliphatic imine (C=N–C) groups is 1. The van der Waals surface area contributed by atoms with Crippen LogP contribution in [0, 0.1) is 17.2 Å². The summed E-state index contributed by atoms with van der Waals surface area (Å²) in [6.45, 7) is 5.02. The second-order valence-electron chi connectivity index (χ2n) is 6.71. The smallest absolute Gasteiger partial charge is 0.478 e. The first-order valence-electron chi connectivity index (χ1n) is 9.13. The van der Waals surface area contributed by atoms with E-state index in [0.29, 0.717) is 17.0 Å². The molecule has 1 aromatic heterocycles. The quantitative estimate of drug-likeness (QED) is 0.704. The van der Waals surface area contributed by atoms with Crippen molar-refractivity contribution in [3.63, 3.8) is 0 Å². The molecule has 30 heavy (non-hydrogen) atoms. The van der Waals surface area contributed by atoms with Gasteiger partial charge in [-0.15, -0.1) is 13.2 Å². The predicted octanol–water partition coefficient (Wildman–Crippen LogP) is 4.69. The second kappa shape index (κ2) is 8.14. The second-order valence-corrected chi connectivity index (χ2v) is 6.71. The van der Waals surface area contributed by atoms with E-state index in [1.807, 2.05) is 0 Å². The van der Waals surface area contributed by atoms with Gasteiger partial charge in [0.2, 0.25) is 5.88 Å². The number of ether oxygens (including phenoxy) is 2. The molecule has 0 bridgehead atoms. The number of benzene rings is 1. The Labute approximate surface area is 171 Å². The van der Waals surface area contributed by atoms with Crippen LogP contribution in [-0.4, -0.2) is 29.4 Å². The summed E-state index contributed by atoms with van der Waals surface area (Å²) in [5, 5.41) is 9.13. The molecular weight excluding hydrogens is 399 g/mol. The molecule has 0 N–H and O–H groups in total. The molecule has 0 amide bonds. The zero-order valence-corrected chi connectivity index (χ0v) is 16.4. The number of pyridine rings is 1. The number of halogens is 3. The molecule has 0 spiro atoms. The molecule has 156 valence electrons. The Balaban J connectivity index is 2.32. The van der Waals surface area contributed by atoms with Crippen molar-refractivity contribution in [2.24, 2.45) is 10.9 Å². The van der Waals surface area contributed by atoms with Crippen LogP contribution in [0.4, 0.5) is 18.9 Å². The summed E-state index contributed by atoms with van der Waals surface area (Å²) in [5.74, 6) is -2.37. The standard InChI is InChI=1S/C21H18F3N3O3/c1-4-29-20-19-15(7-8-26-20)27-11(2)17(12(3)28)18(19)14-6-5-13(10-25)9-16(14)30-21(22,23)24/h5-9,17-18H,4H2,1-3H3. The molecule has 1 aromatic carbocycles. The van der Waals surface area contributed by atoms with Gasteiger partial charge >= 0.3 is 6.36 Å². The Morgan fingerprint density at radius 3 is 2.63 bits per heavy atom. The van der Waals surface area contributed by atoms with E-state index in [9.17, 15) is 18.0 Å². The monoisotopic (exact) mass is 417 g/mol. The van der Waals surface area contributed by atoms with E-state index in [1.165, 1.54) is 25.3 Å². The van der Waals surface area contributed by atoms with Gasteiger partial charge in [-0.05, 0) is 39.0 Å². The first-order chi connectivity index (χ1) is 14.2. The number of fused-ring (bicyclic) bond motifs is 1. The number of aromatic nitrogens is 1. The SMILES string of the molecule is CCOc1nccc2c1C(c1ccc(C#N)cc1OC(F)(F)F)C(C(C)=O)C(C)=N2. The number of carbonyl (C=O) groups excluding carboxylic acids is 1. The Morgan fingerprint density at radius 1 is 1.30 bits per heavy atom. The van der Waals surface area contributed by atoms with Gasteiger partial charge in [-0.25, -0.2) is 4.98 Å². The highest BCUT2D eigenvalue weighted by Gasteiger charge is 2.41. The molecule has 3 rings (SSSR count). The molecule has 1 aliphatic heterocycles. The average Bonchev–Trinajstić information content (AvgIpc) is 2.65. The van der Waals surface area contributed by atoms with Crippen LogP contribution in [0.1, 0.15) is 43.4 Å². The molecule has 2 unspecified atom stereocenters. The number of Topliss-reactive ketones (excluding diaryl/α,β-unsaturated/α-hetero) is 1. The third kappa shape index (κ3) is 4.13. The number of rotatable bonds is 5. The molecule has 2 atom stereocenters. The third-order valence-electron chi connectivity index (χ3n) is 4.74. The van der Waals surface area contributed by atoms with Gasteiger partial charge < -0.3 is 9.47 Å². The van der Waals surface area contributed by atoms with E-state index in [4.69, 9.17) is 10.00 Å². The number of carbonyl (C=O) groups is 1. The molecular formula is C21H18F3N3O3. The largest absolute Gasteiger partial charge is 0.573 e. The highest BCUT2D eigenvalue weighted by molar-refractivity contribution is 6.07. The molecule has 0 saturated heterocycles. The van der Waals surface area contributed by atoms with Crippen LogP contribution in [-0.2, 0) is 4.79 Å². The predicted molar refractivity (Wildman–Crippen MR) is 102 cm³/mol. The third-order valence-corrected chi connectivity index (χ3v) is 4.74. The Morgan fingerprint density at radius 2 is 2.03 bits per heavy atom. The zero-order chi connectivity index (χ0) is 22.1. The first kappa shape index (κ1) is 21.3. The fourth-order valence-electron chi connectivity index (χ4n) is 3.69. The normalized spacial score (nSPS) is 18.1. The number of alkyl halides is 3. The van der Waals surface area contributed by atoms with Crippen LogP contribution in [0.5, 0.6) is 11.6 Å². The number of nitriles is 1. The number of nitrogens with zero attached hydrogens (tertiary/aromatic N) is 3. The molecule has 2 aromatic rings. The summed E-state index contributed by atoms with van der Waals surface area (Å²) in [4.78, 5) is 21.2. The van der Waals surface area contributed by atoms with Crippen molar-refractivity contribution in [2.75, 3.05) is 6.61 Å². The first-order valence-corrected chi connectivity index (χ1v) is 9.13. The molecule has 0 fully saturated rings. The van der Waals surface area contributed by atoms with Gasteiger partial charge in [0.15, 0.2) is 0 Å². The van der Waals surface area contributed by atoms with Crippen LogP contribution in [0.2, 0.25) is 0 Å². The van der Waals surface area contributed by atoms with Crippen LogP contribution in [0.25, 0.3) is 0 Å². The topological polar surface area (TPSA) is 84.6 Å². The minimum atomic E-state index is -4.98. The number of ketones is 1. The van der Waals surface area contributed by atoms with Crippen LogP contribution < -0.4 is 9.47 Å². The van der Waals surface area contributed by atoms with Crippen LogP contribution >= 0.6 is 0 Å². The molecule has 1 aliphatic rings. The minimum absolute atomic E-state index is 0.00462. The average molecular weight is 417 g/mol. The maximum absolute atomic E-state index is 13.1. The molecule has 0 saturated carbocycles. The summed E-state index contributed by atoms with van der Waals surface area (Å²) >= 11 is 0. The lowest BCUT2D eigenvalue weighted by molar-refractivity contribution is -0.274. The Kier molecular flexibility index (Phi) is 5.78. The van der Waals surface area contributed by atoms with Crippen molar-refractivity contribution in [3.8, 4) is 17.7 Å². The summed E-state index contributed by atoms with van der Waals surface area (Å²) in [5.41, 5.74) is 1.40. The van der Waals surface area contributed by atoms with Gasteiger partial charge in [-0.1, -0.05) is 6.07 Å². The van der Waals surface area contributed by atoms with Gasteiger partial charge in [0.1, 0.15) is 11.5 Å².